The second-order valence-corrected chi connectivity index (χ2v) is 9.51. The van der Waals surface area contributed by atoms with Crippen molar-refractivity contribution in [3.05, 3.63) is 34.9 Å². The minimum atomic E-state index is -0.914. The van der Waals surface area contributed by atoms with Crippen LogP contribution in [0.2, 0.25) is 5.02 Å². The second kappa shape index (κ2) is 8.31. The van der Waals surface area contributed by atoms with E-state index in [1.807, 2.05) is 19.1 Å². The summed E-state index contributed by atoms with van der Waals surface area (Å²) in [5.74, 6) is 0.0519. The van der Waals surface area contributed by atoms with Gasteiger partial charge in [0.05, 0.1) is 0 Å². The van der Waals surface area contributed by atoms with E-state index in [1.165, 1.54) is 12.0 Å². The molecule has 0 aliphatic heterocycles. The summed E-state index contributed by atoms with van der Waals surface area (Å²) in [6.07, 6.45) is 4.96. The van der Waals surface area contributed by atoms with Gasteiger partial charge >= 0.3 is 5.97 Å². The maximum atomic E-state index is 12.1. The number of hydrogen-bond acceptors (Lipinski definition) is 2. The van der Waals surface area contributed by atoms with E-state index in [-0.39, 0.29) is 11.5 Å². The van der Waals surface area contributed by atoms with Crippen molar-refractivity contribution in [3.63, 3.8) is 0 Å². The van der Waals surface area contributed by atoms with E-state index in [4.69, 9.17) is 11.6 Å². The Bertz CT molecular complexity index is 607. The Kier molecular flexibility index (Phi) is 6.79. The number of rotatable bonds is 9. The molecule has 1 saturated carbocycles. The van der Waals surface area contributed by atoms with Crippen LogP contribution in [0.3, 0.4) is 0 Å². The predicted octanol–water partition coefficient (Wildman–Crippen LogP) is 5.66. The van der Waals surface area contributed by atoms with Crippen molar-refractivity contribution in [1.82, 2.24) is 5.32 Å². The molecule has 26 heavy (non-hydrogen) atoms. The molecular formula is C22H34ClNO2. The third kappa shape index (κ3) is 4.61. The Morgan fingerprint density at radius 3 is 2.15 bits per heavy atom. The summed E-state index contributed by atoms with van der Waals surface area (Å²) in [5.41, 5.74) is 0.370. The van der Waals surface area contributed by atoms with E-state index in [0.29, 0.717) is 18.3 Å². The molecule has 0 heterocycles. The average molecular weight is 380 g/mol. The van der Waals surface area contributed by atoms with E-state index in [0.717, 1.165) is 24.3 Å². The first-order chi connectivity index (χ1) is 12.1. The predicted molar refractivity (Wildman–Crippen MR) is 109 cm³/mol. The number of carboxylic acid groups (broad SMARTS) is 1. The summed E-state index contributed by atoms with van der Waals surface area (Å²) in [6, 6.07) is 8.29. The van der Waals surface area contributed by atoms with Crippen molar-refractivity contribution < 1.29 is 9.90 Å². The number of carboxylic acids is 1. The molecule has 1 aliphatic rings. The number of hydrogen-bond donors (Lipinski definition) is 2. The van der Waals surface area contributed by atoms with Crippen LogP contribution in [0.4, 0.5) is 0 Å². The highest BCUT2D eigenvalue weighted by Crippen LogP contribution is 2.48. The molecule has 1 aromatic rings. The van der Waals surface area contributed by atoms with E-state index < -0.39 is 11.5 Å². The van der Waals surface area contributed by atoms with Gasteiger partial charge in [-0.15, -0.1) is 0 Å². The average Bonchev–Trinajstić information content (AvgIpc) is 2.46. The van der Waals surface area contributed by atoms with Crippen LogP contribution in [0.15, 0.2) is 24.3 Å². The van der Waals surface area contributed by atoms with Crippen LogP contribution in [-0.4, -0.2) is 22.7 Å². The zero-order valence-corrected chi connectivity index (χ0v) is 17.6. The third-order valence-corrected chi connectivity index (χ3v) is 6.07. The first-order valence-electron chi connectivity index (χ1n) is 9.86. The van der Waals surface area contributed by atoms with Gasteiger partial charge in [-0.2, -0.15) is 0 Å². The van der Waals surface area contributed by atoms with Crippen LogP contribution in [0.5, 0.6) is 0 Å². The molecule has 2 rings (SSSR count). The SMILES string of the molecule is CC(C)CC(NC(C)(CC(C)C)C(=O)O)C1(c2ccc(Cl)cc2)CCC1. The molecule has 2 N–H and O–H groups in total. The van der Waals surface area contributed by atoms with Gasteiger partial charge in [0.25, 0.3) is 0 Å². The lowest BCUT2D eigenvalue weighted by Gasteiger charge is -2.51. The van der Waals surface area contributed by atoms with Gasteiger partial charge in [0.2, 0.25) is 0 Å². The molecule has 1 aliphatic carbocycles. The largest absolute Gasteiger partial charge is 0.480 e. The van der Waals surface area contributed by atoms with Crippen LogP contribution in [0, 0.1) is 11.8 Å². The van der Waals surface area contributed by atoms with Crippen molar-refractivity contribution in [2.45, 2.75) is 83.7 Å². The standard InChI is InChI=1S/C22H34ClNO2/c1-15(2)13-19(24-21(5,20(25)26)14-16(3)4)22(11-6-12-22)17-7-9-18(23)10-8-17/h7-10,15-16,19,24H,6,11-14H2,1-5H3,(H,25,26). The first-order valence-corrected chi connectivity index (χ1v) is 10.2. The highest BCUT2D eigenvalue weighted by atomic mass is 35.5. The summed E-state index contributed by atoms with van der Waals surface area (Å²) in [4.78, 5) is 12.1. The van der Waals surface area contributed by atoms with E-state index in [9.17, 15) is 9.90 Å². The molecule has 4 heteroatoms. The van der Waals surface area contributed by atoms with E-state index >= 15 is 0 Å². The maximum absolute atomic E-state index is 12.1. The Balaban J connectivity index is 2.38. The van der Waals surface area contributed by atoms with Crippen molar-refractivity contribution in [2.24, 2.45) is 11.8 Å². The summed E-state index contributed by atoms with van der Waals surface area (Å²) >= 11 is 6.10. The lowest BCUT2D eigenvalue weighted by molar-refractivity contribution is -0.145. The van der Waals surface area contributed by atoms with Crippen LogP contribution in [-0.2, 0) is 10.2 Å². The van der Waals surface area contributed by atoms with Crippen molar-refractivity contribution >= 4 is 17.6 Å². The highest BCUT2D eigenvalue weighted by molar-refractivity contribution is 6.30. The van der Waals surface area contributed by atoms with Crippen LogP contribution in [0.1, 0.15) is 72.3 Å². The van der Waals surface area contributed by atoms with Gasteiger partial charge in [-0.1, -0.05) is 57.8 Å². The molecule has 0 aromatic heterocycles. The molecule has 0 saturated heterocycles. The van der Waals surface area contributed by atoms with E-state index in [2.05, 4.69) is 45.1 Å². The summed E-state index contributed by atoms with van der Waals surface area (Å²) in [6.45, 7) is 10.4. The van der Waals surface area contributed by atoms with Gasteiger partial charge in [0.1, 0.15) is 5.54 Å². The molecule has 2 unspecified atom stereocenters. The smallest absolute Gasteiger partial charge is 0.323 e. The summed E-state index contributed by atoms with van der Waals surface area (Å²) < 4.78 is 0. The van der Waals surface area contributed by atoms with Crippen molar-refractivity contribution in [2.75, 3.05) is 0 Å². The molecule has 2 atom stereocenters. The Hall–Kier alpha value is -1.06. The second-order valence-electron chi connectivity index (χ2n) is 9.08. The molecule has 1 aromatic carbocycles. The van der Waals surface area contributed by atoms with Crippen molar-refractivity contribution in [3.8, 4) is 0 Å². The van der Waals surface area contributed by atoms with Crippen molar-refractivity contribution in [1.29, 1.82) is 0 Å². The third-order valence-electron chi connectivity index (χ3n) is 5.82. The van der Waals surface area contributed by atoms with Crippen LogP contribution < -0.4 is 5.32 Å². The molecule has 1 fully saturated rings. The lowest BCUT2D eigenvalue weighted by atomic mass is 9.58. The lowest BCUT2D eigenvalue weighted by Crippen LogP contribution is -2.62. The molecule has 0 amide bonds. The quantitative estimate of drug-likeness (QED) is 0.582. The molecule has 0 radical (unpaired) electrons. The van der Waals surface area contributed by atoms with Gasteiger partial charge in [-0.25, -0.2) is 0 Å². The topological polar surface area (TPSA) is 49.3 Å². The molecule has 146 valence electrons. The maximum Gasteiger partial charge on any atom is 0.323 e. The number of benzene rings is 1. The molecule has 0 spiro atoms. The Morgan fingerprint density at radius 1 is 1.19 bits per heavy atom. The summed E-state index contributed by atoms with van der Waals surface area (Å²) in [5, 5.41) is 14.3. The van der Waals surface area contributed by atoms with Gasteiger partial charge in [0, 0.05) is 16.5 Å². The van der Waals surface area contributed by atoms with Crippen LogP contribution in [0.25, 0.3) is 0 Å². The van der Waals surface area contributed by atoms with Gasteiger partial charge in [-0.05, 0) is 62.1 Å². The van der Waals surface area contributed by atoms with E-state index in [1.54, 1.807) is 0 Å². The first kappa shape index (κ1) is 21.2. The highest BCUT2D eigenvalue weighted by Gasteiger charge is 2.48. The van der Waals surface area contributed by atoms with Gasteiger partial charge in [0.15, 0.2) is 0 Å². The minimum absolute atomic E-state index is 0.00253. The summed E-state index contributed by atoms with van der Waals surface area (Å²) in [7, 11) is 0. The Morgan fingerprint density at radius 2 is 1.77 bits per heavy atom. The minimum Gasteiger partial charge on any atom is -0.480 e. The number of aliphatic carboxylic acids is 1. The molecule has 3 nitrogen and oxygen atoms in total. The molecular weight excluding hydrogens is 346 g/mol. The number of halogens is 1. The fraction of sp³-hybridized carbons (Fsp3) is 0.682. The Labute approximate surface area is 163 Å². The monoisotopic (exact) mass is 379 g/mol. The fourth-order valence-corrected chi connectivity index (χ4v) is 4.61. The fourth-order valence-electron chi connectivity index (χ4n) is 4.48. The van der Waals surface area contributed by atoms with Crippen LogP contribution >= 0.6 is 11.6 Å². The zero-order chi connectivity index (χ0) is 19.5. The van der Waals surface area contributed by atoms with Gasteiger partial charge < -0.3 is 5.11 Å². The van der Waals surface area contributed by atoms with Gasteiger partial charge in [-0.3, -0.25) is 10.1 Å². The molecule has 0 bridgehead atoms. The normalized spacial score (nSPS) is 19.8. The zero-order valence-electron chi connectivity index (χ0n) is 16.8. The number of nitrogens with one attached hydrogen (secondary N) is 1. The number of carbonyl (C=O) groups is 1.